The van der Waals surface area contributed by atoms with E-state index in [1.54, 1.807) is 23.9 Å². The molecular formula is C15H23N3O3. The van der Waals surface area contributed by atoms with Crippen molar-refractivity contribution >= 4 is 17.5 Å². The number of aromatic nitrogens is 1. The van der Waals surface area contributed by atoms with Crippen molar-refractivity contribution in [1.82, 2.24) is 4.57 Å². The van der Waals surface area contributed by atoms with Gasteiger partial charge < -0.3 is 20.4 Å². The van der Waals surface area contributed by atoms with E-state index in [1.165, 1.54) is 0 Å². The molecular weight excluding hydrogens is 270 g/mol. The van der Waals surface area contributed by atoms with Gasteiger partial charge in [-0.25, -0.2) is 0 Å². The van der Waals surface area contributed by atoms with Crippen LogP contribution in [0, 0.1) is 11.8 Å². The number of hydrogen-bond donors (Lipinski definition) is 2. The van der Waals surface area contributed by atoms with Crippen molar-refractivity contribution in [3.05, 3.63) is 18.0 Å². The molecule has 1 aliphatic heterocycles. The van der Waals surface area contributed by atoms with E-state index < -0.39 is 5.91 Å². The summed E-state index contributed by atoms with van der Waals surface area (Å²) >= 11 is 0. The molecule has 1 aromatic rings. The smallest absolute Gasteiger partial charge is 0.265 e. The van der Waals surface area contributed by atoms with Crippen LogP contribution in [0.5, 0.6) is 0 Å². The topological polar surface area (TPSA) is 86.3 Å². The van der Waals surface area contributed by atoms with Crippen LogP contribution < -0.4 is 11.1 Å². The highest BCUT2D eigenvalue weighted by Crippen LogP contribution is 2.27. The Labute approximate surface area is 124 Å². The summed E-state index contributed by atoms with van der Waals surface area (Å²) in [5.41, 5.74) is 6.22. The van der Waals surface area contributed by atoms with E-state index in [9.17, 15) is 9.59 Å². The number of ether oxygens (including phenoxy) is 1. The van der Waals surface area contributed by atoms with Gasteiger partial charge in [-0.15, -0.1) is 0 Å². The maximum Gasteiger partial charge on any atom is 0.265 e. The average molecular weight is 293 g/mol. The lowest BCUT2D eigenvalue weighted by molar-refractivity contribution is -0.131. The van der Waals surface area contributed by atoms with Crippen LogP contribution in [0.25, 0.3) is 0 Å². The summed E-state index contributed by atoms with van der Waals surface area (Å²) in [6.07, 6.45) is 3.34. The van der Waals surface area contributed by atoms with Crippen LogP contribution in [0.15, 0.2) is 12.3 Å². The molecule has 3 N–H and O–H groups in total. The van der Waals surface area contributed by atoms with Gasteiger partial charge in [-0.1, -0.05) is 13.8 Å². The van der Waals surface area contributed by atoms with E-state index in [4.69, 9.17) is 10.5 Å². The Kier molecular flexibility index (Phi) is 4.67. The number of nitrogens with one attached hydrogen (secondary N) is 1. The van der Waals surface area contributed by atoms with Gasteiger partial charge in [0.1, 0.15) is 5.69 Å². The van der Waals surface area contributed by atoms with Gasteiger partial charge in [0.05, 0.1) is 17.7 Å². The number of nitrogens with zero attached hydrogens (tertiary/aromatic N) is 1. The summed E-state index contributed by atoms with van der Waals surface area (Å²) in [6.45, 7) is 4.83. The lowest BCUT2D eigenvalue weighted by atomic mass is 9.87. The standard InChI is InChI=1S/C15H23N3O3/c1-9(2)13-11(5-4-6-21-13)15(20)17-10-7-12(14(16)19)18(3)8-10/h7-9,11,13H,4-6H2,1-3H3,(H2,16,19)(H,17,20)/t11-,13+/m1/s1. The van der Waals surface area contributed by atoms with E-state index >= 15 is 0 Å². The maximum atomic E-state index is 12.5. The largest absolute Gasteiger partial charge is 0.377 e. The maximum absolute atomic E-state index is 12.5. The lowest BCUT2D eigenvalue weighted by Gasteiger charge is -2.33. The Morgan fingerprint density at radius 1 is 1.48 bits per heavy atom. The molecule has 1 fully saturated rings. The van der Waals surface area contributed by atoms with Gasteiger partial charge in [-0.05, 0) is 24.8 Å². The fourth-order valence-corrected chi connectivity index (χ4v) is 2.85. The van der Waals surface area contributed by atoms with E-state index in [-0.39, 0.29) is 23.8 Å². The second-order valence-corrected chi connectivity index (χ2v) is 5.91. The SMILES string of the molecule is CC(C)[C@@H]1OCCC[C@H]1C(=O)Nc1cc(C(N)=O)n(C)c1. The minimum absolute atomic E-state index is 0.0573. The molecule has 1 aromatic heterocycles. The number of nitrogens with two attached hydrogens (primary N) is 1. The predicted octanol–water partition coefficient (Wildman–Crippen LogP) is 1.51. The van der Waals surface area contributed by atoms with Gasteiger partial charge in [-0.3, -0.25) is 9.59 Å². The van der Waals surface area contributed by atoms with Gasteiger partial charge in [0.2, 0.25) is 5.91 Å². The summed E-state index contributed by atoms with van der Waals surface area (Å²) in [7, 11) is 1.72. The summed E-state index contributed by atoms with van der Waals surface area (Å²) in [6, 6.07) is 1.59. The Hall–Kier alpha value is -1.82. The normalized spacial score (nSPS) is 22.3. The van der Waals surface area contributed by atoms with E-state index in [0.717, 1.165) is 12.8 Å². The molecule has 0 aromatic carbocycles. The van der Waals surface area contributed by atoms with Crippen molar-refractivity contribution in [2.45, 2.75) is 32.8 Å². The fraction of sp³-hybridized carbons (Fsp3) is 0.600. The molecule has 0 bridgehead atoms. The molecule has 0 unspecified atom stereocenters. The summed E-state index contributed by atoms with van der Waals surface area (Å²) in [5, 5.41) is 2.87. The zero-order valence-electron chi connectivity index (χ0n) is 12.8. The van der Waals surface area contributed by atoms with Crippen molar-refractivity contribution in [2.24, 2.45) is 24.6 Å². The van der Waals surface area contributed by atoms with Crippen LogP contribution in [-0.2, 0) is 16.6 Å². The van der Waals surface area contributed by atoms with Crippen molar-refractivity contribution in [3.63, 3.8) is 0 Å². The first-order valence-electron chi connectivity index (χ1n) is 7.28. The first-order valence-corrected chi connectivity index (χ1v) is 7.28. The number of primary amides is 1. The third-order valence-corrected chi connectivity index (χ3v) is 3.89. The van der Waals surface area contributed by atoms with Crippen molar-refractivity contribution in [3.8, 4) is 0 Å². The van der Waals surface area contributed by atoms with Gasteiger partial charge in [-0.2, -0.15) is 0 Å². The molecule has 0 aliphatic carbocycles. The highest BCUT2D eigenvalue weighted by atomic mass is 16.5. The highest BCUT2D eigenvalue weighted by Gasteiger charge is 2.34. The summed E-state index contributed by atoms with van der Waals surface area (Å²) in [4.78, 5) is 23.7. The Morgan fingerprint density at radius 3 is 2.76 bits per heavy atom. The number of rotatable bonds is 4. The monoisotopic (exact) mass is 293 g/mol. The summed E-state index contributed by atoms with van der Waals surface area (Å²) in [5.74, 6) is -0.442. The molecule has 6 nitrogen and oxygen atoms in total. The third-order valence-electron chi connectivity index (χ3n) is 3.89. The lowest BCUT2D eigenvalue weighted by Crippen LogP contribution is -2.41. The molecule has 1 aliphatic rings. The molecule has 2 atom stereocenters. The Balaban J connectivity index is 2.09. The zero-order chi connectivity index (χ0) is 15.6. The minimum Gasteiger partial charge on any atom is -0.377 e. The van der Waals surface area contributed by atoms with Crippen molar-refractivity contribution in [1.29, 1.82) is 0 Å². The molecule has 6 heteroatoms. The Morgan fingerprint density at radius 2 is 2.19 bits per heavy atom. The number of anilines is 1. The van der Waals surface area contributed by atoms with Crippen LogP contribution in [0.2, 0.25) is 0 Å². The molecule has 2 amide bonds. The van der Waals surface area contributed by atoms with Crippen LogP contribution in [0.3, 0.4) is 0 Å². The van der Waals surface area contributed by atoms with E-state index in [2.05, 4.69) is 19.2 Å². The molecule has 2 rings (SSSR count). The van der Waals surface area contributed by atoms with Gasteiger partial charge in [0.25, 0.3) is 5.91 Å². The van der Waals surface area contributed by atoms with Gasteiger partial charge in [0, 0.05) is 19.9 Å². The van der Waals surface area contributed by atoms with E-state index in [0.29, 0.717) is 18.0 Å². The number of carbonyl (C=O) groups excluding carboxylic acids is 2. The van der Waals surface area contributed by atoms with Gasteiger partial charge in [0.15, 0.2) is 0 Å². The quantitative estimate of drug-likeness (QED) is 0.882. The Bertz CT molecular complexity index is 536. The van der Waals surface area contributed by atoms with Crippen LogP contribution in [-0.4, -0.2) is 29.1 Å². The highest BCUT2D eigenvalue weighted by molar-refractivity contribution is 5.96. The van der Waals surface area contributed by atoms with Crippen LogP contribution in [0.1, 0.15) is 37.2 Å². The number of amides is 2. The minimum atomic E-state index is -0.515. The first kappa shape index (κ1) is 15.6. The van der Waals surface area contributed by atoms with Crippen LogP contribution >= 0.6 is 0 Å². The average Bonchev–Trinajstić information content (AvgIpc) is 2.79. The number of hydrogen-bond acceptors (Lipinski definition) is 3. The first-order chi connectivity index (χ1) is 9.90. The van der Waals surface area contributed by atoms with Crippen molar-refractivity contribution < 1.29 is 14.3 Å². The van der Waals surface area contributed by atoms with Crippen LogP contribution in [0.4, 0.5) is 5.69 Å². The molecule has 116 valence electrons. The molecule has 2 heterocycles. The second-order valence-electron chi connectivity index (χ2n) is 5.91. The molecule has 0 radical (unpaired) electrons. The molecule has 21 heavy (non-hydrogen) atoms. The zero-order valence-corrected chi connectivity index (χ0v) is 12.8. The molecule has 0 saturated carbocycles. The van der Waals surface area contributed by atoms with Crippen molar-refractivity contribution in [2.75, 3.05) is 11.9 Å². The molecule has 0 spiro atoms. The van der Waals surface area contributed by atoms with Gasteiger partial charge >= 0.3 is 0 Å². The molecule has 1 saturated heterocycles. The van der Waals surface area contributed by atoms with E-state index in [1.807, 2.05) is 0 Å². The number of carbonyl (C=O) groups is 2. The second kappa shape index (κ2) is 6.30. The summed E-state index contributed by atoms with van der Waals surface area (Å²) < 4.78 is 7.34. The fourth-order valence-electron chi connectivity index (χ4n) is 2.85. The predicted molar refractivity (Wildman–Crippen MR) is 79.9 cm³/mol. The third kappa shape index (κ3) is 3.44. The number of aryl methyl sites for hydroxylation is 1.